The van der Waals surface area contributed by atoms with Crippen LogP contribution in [0.2, 0.25) is 0 Å². The maximum Gasteiger partial charge on any atom is 0.145 e. The molecule has 2 rings (SSSR count). The number of nitrogens with two attached hydrogens (primary N) is 1. The number of fused-ring (bicyclic) bond motifs is 1. The second-order valence-corrected chi connectivity index (χ2v) is 4.04. The first-order valence-electron chi connectivity index (χ1n) is 5.45. The summed E-state index contributed by atoms with van der Waals surface area (Å²) in [6.07, 6.45) is 1.96. The molecule has 84 valence electrons. The van der Waals surface area contributed by atoms with E-state index in [1.807, 2.05) is 32.0 Å². The van der Waals surface area contributed by atoms with Gasteiger partial charge in [0, 0.05) is 18.1 Å². The van der Waals surface area contributed by atoms with Crippen LogP contribution in [0.3, 0.4) is 0 Å². The monoisotopic (exact) mass is 216 g/mol. The molecule has 2 aromatic rings. The molecule has 1 heterocycles. The van der Waals surface area contributed by atoms with Gasteiger partial charge in [-0.25, -0.2) is 0 Å². The fourth-order valence-corrected chi connectivity index (χ4v) is 1.64. The molecule has 0 radical (unpaired) electrons. The molecule has 0 atom stereocenters. The molecule has 0 spiro atoms. The Hall–Kier alpha value is -1.61. The standard InChI is InChI=1S/C13H16N2O/c1-9(2)16-12-5-3-4-11-6-10(7-14)8-15-13(11)12/h3-6,8-9H,7,14H2,1-2H3. The number of ether oxygens (including phenoxy) is 1. The summed E-state index contributed by atoms with van der Waals surface area (Å²) in [5.74, 6) is 0.830. The van der Waals surface area contributed by atoms with Crippen molar-refractivity contribution in [2.24, 2.45) is 5.73 Å². The highest BCUT2D eigenvalue weighted by molar-refractivity contribution is 5.84. The Balaban J connectivity index is 2.51. The van der Waals surface area contributed by atoms with Crippen molar-refractivity contribution in [1.29, 1.82) is 0 Å². The minimum atomic E-state index is 0.154. The maximum atomic E-state index is 5.71. The number of pyridine rings is 1. The molecule has 0 saturated carbocycles. The largest absolute Gasteiger partial charge is 0.489 e. The van der Waals surface area contributed by atoms with Crippen molar-refractivity contribution in [3.05, 3.63) is 36.0 Å². The smallest absolute Gasteiger partial charge is 0.145 e. The van der Waals surface area contributed by atoms with Crippen LogP contribution in [0.5, 0.6) is 5.75 Å². The van der Waals surface area contributed by atoms with Crippen LogP contribution in [-0.4, -0.2) is 11.1 Å². The summed E-state index contributed by atoms with van der Waals surface area (Å²) in [6.45, 7) is 4.53. The third kappa shape index (κ3) is 2.14. The molecule has 0 aliphatic heterocycles. The topological polar surface area (TPSA) is 48.1 Å². The van der Waals surface area contributed by atoms with E-state index in [1.54, 1.807) is 6.20 Å². The Morgan fingerprint density at radius 2 is 2.19 bits per heavy atom. The van der Waals surface area contributed by atoms with Crippen molar-refractivity contribution in [3.63, 3.8) is 0 Å². The first-order valence-corrected chi connectivity index (χ1v) is 5.45. The van der Waals surface area contributed by atoms with Gasteiger partial charge < -0.3 is 10.5 Å². The van der Waals surface area contributed by atoms with E-state index in [9.17, 15) is 0 Å². The van der Waals surface area contributed by atoms with Gasteiger partial charge in [0.15, 0.2) is 0 Å². The molecular formula is C13H16N2O. The molecule has 0 aliphatic rings. The van der Waals surface area contributed by atoms with E-state index in [1.165, 1.54) is 0 Å². The Bertz CT molecular complexity index is 494. The zero-order valence-electron chi connectivity index (χ0n) is 9.60. The second-order valence-electron chi connectivity index (χ2n) is 4.04. The van der Waals surface area contributed by atoms with Crippen LogP contribution in [0.25, 0.3) is 10.9 Å². The van der Waals surface area contributed by atoms with Crippen LogP contribution in [0, 0.1) is 0 Å². The Labute approximate surface area is 95.2 Å². The molecule has 0 fully saturated rings. The lowest BCUT2D eigenvalue weighted by Gasteiger charge is -2.11. The minimum absolute atomic E-state index is 0.154. The van der Waals surface area contributed by atoms with E-state index < -0.39 is 0 Å². The van der Waals surface area contributed by atoms with Gasteiger partial charge in [-0.1, -0.05) is 12.1 Å². The van der Waals surface area contributed by atoms with Crippen LogP contribution < -0.4 is 10.5 Å². The SMILES string of the molecule is CC(C)Oc1cccc2cc(CN)cnc12. The third-order valence-electron chi connectivity index (χ3n) is 2.33. The van der Waals surface area contributed by atoms with Crippen molar-refractivity contribution < 1.29 is 4.74 Å². The zero-order valence-corrected chi connectivity index (χ0v) is 9.60. The molecule has 16 heavy (non-hydrogen) atoms. The summed E-state index contributed by atoms with van der Waals surface area (Å²) in [6, 6.07) is 7.99. The van der Waals surface area contributed by atoms with E-state index >= 15 is 0 Å². The number of benzene rings is 1. The van der Waals surface area contributed by atoms with Crippen LogP contribution in [0.4, 0.5) is 0 Å². The predicted octanol–water partition coefficient (Wildman–Crippen LogP) is 2.48. The van der Waals surface area contributed by atoms with E-state index in [-0.39, 0.29) is 6.10 Å². The average molecular weight is 216 g/mol. The molecule has 3 heteroatoms. The Morgan fingerprint density at radius 3 is 2.88 bits per heavy atom. The number of aromatic nitrogens is 1. The van der Waals surface area contributed by atoms with Crippen molar-refractivity contribution in [3.8, 4) is 5.75 Å². The van der Waals surface area contributed by atoms with E-state index in [0.29, 0.717) is 6.54 Å². The van der Waals surface area contributed by atoms with E-state index in [0.717, 1.165) is 22.2 Å². The van der Waals surface area contributed by atoms with E-state index in [4.69, 9.17) is 10.5 Å². The molecule has 1 aromatic carbocycles. The summed E-state index contributed by atoms with van der Waals surface area (Å²) in [7, 11) is 0. The highest BCUT2D eigenvalue weighted by Gasteiger charge is 2.05. The molecule has 0 saturated heterocycles. The van der Waals surface area contributed by atoms with Gasteiger partial charge in [-0.05, 0) is 31.5 Å². The molecule has 0 bridgehead atoms. The fraction of sp³-hybridized carbons (Fsp3) is 0.308. The predicted molar refractivity (Wildman–Crippen MR) is 65.4 cm³/mol. The van der Waals surface area contributed by atoms with Crippen LogP contribution in [-0.2, 0) is 6.54 Å². The highest BCUT2D eigenvalue weighted by atomic mass is 16.5. The van der Waals surface area contributed by atoms with Gasteiger partial charge in [0.2, 0.25) is 0 Å². The average Bonchev–Trinajstić information content (AvgIpc) is 2.28. The minimum Gasteiger partial charge on any atom is -0.489 e. The number of hydrogen-bond acceptors (Lipinski definition) is 3. The quantitative estimate of drug-likeness (QED) is 0.857. The van der Waals surface area contributed by atoms with Gasteiger partial charge >= 0.3 is 0 Å². The van der Waals surface area contributed by atoms with Crippen molar-refractivity contribution >= 4 is 10.9 Å². The lowest BCUT2D eigenvalue weighted by Crippen LogP contribution is -2.06. The summed E-state index contributed by atoms with van der Waals surface area (Å²) < 4.78 is 5.71. The molecule has 0 aliphatic carbocycles. The summed E-state index contributed by atoms with van der Waals surface area (Å²) in [4.78, 5) is 4.40. The van der Waals surface area contributed by atoms with Gasteiger partial charge in [-0.3, -0.25) is 4.98 Å². The Kier molecular flexibility index (Phi) is 3.06. The molecule has 2 N–H and O–H groups in total. The normalized spacial score (nSPS) is 11.0. The molecular weight excluding hydrogens is 200 g/mol. The van der Waals surface area contributed by atoms with Gasteiger partial charge in [0.1, 0.15) is 11.3 Å². The van der Waals surface area contributed by atoms with Crippen molar-refractivity contribution in [1.82, 2.24) is 4.98 Å². The maximum absolute atomic E-state index is 5.71. The first-order chi connectivity index (χ1) is 7.70. The van der Waals surface area contributed by atoms with E-state index in [2.05, 4.69) is 11.1 Å². The summed E-state index contributed by atoms with van der Waals surface area (Å²) >= 11 is 0. The lowest BCUT2D eigenvalue weighted by atomic mass is 10.1. The Morgan fingerprint density at radius 1 is 1.38 bits per heavy atom. The molecule has 0 amide bonds. The van der Waals surface area contributed by atoms with Gasteiger partial charge in [-0.15, -0.1) is 0 Å². The van der Waals surface area contributed by atoms with Crippen LogP contribution in [0.1, 0.15) is 19.4 Å². The molecule has 3 nitrogen and oxygen atoms in total. The zero-order chi connectivity index (χ0) is 11.5. The van der Waals surface area contributed by atoms with Gasteiger partial charge in [0.25, 0.3) is 0 Å². The number of rotatable bonds is 3. The summed E-state index contributed by atoms with van der Waals surface area (Å²) in [5, 5.41) is 1.07. The second kappa shape index (κ2) is 4.49. The van der Waals surface area contributed by atoms with Crippen molar-refractivity contribution in [2.45, 2.75) is 26.5 Å². The number of hydrogen-bond donors (Lipinski definition) is 1. The number of nitrogens with zero attached hydrogens (tertiary/aromatic N) is 1. The fourth-order valence-electron chi connectivity index (χ4n) is 1.64. The molecule has 0 unspecified atom stereocenters. The summed E-state index contributed by atoms with van der Waals surface area (Å²) in [5.41, 5.74) is 7.52. The van der Waals surface area contributed by atoms with Crippen molar-refractivity contribution in [2.75, 3.05) is 0 Å². The van der Waals surface area contributed by atoms with Gasteiger partial charge in [0.05, 0.1) is 6.10 Å². The lowest BCUT2D eigenvalue weighted by molar-refractivity contribution is 0.245. The molecule has 1 aromatic heterocycles. The first kappa shape index (κ1) is 10.9. The number of para-hydroxylation sites is 1. The third-order valence-corrected chi connectivity index (χ3v) is 2.33. The van der Waals surface area contributed by atoms with Gasteiger partial charge in [-0.2, -0.15) is 0 Å². The highest BCUT2D eigenvalue weighted by Crippen LogP contribution is 2.24. The van der Waals surface area contributed by atoms with Crippen LogP contribution in [0.15, 0.2) is 30.5 Å². The van der Waals surface area contributed by atoms with Crippen LogP contribution >= 0.6 is 0 Å².